The van der Waals surface area contributed by atoms with Crippen LogP contribution in [0, 0.1) is 0 Å². The first-order valence-electron chi connectivity index (χ1n) is 5.89. The predicted molar refractivity (Wildman–Crippen MR) is 66.5 cm³/mol. The van der Waals surface area contributed by atoms with Gasteiger partial charge in [0.2, 0.25) is 0 Å². The summed E-state index contributed by atoms with van der Waals surface area (Å²) in [5.74, 6) is -1.17. The zero-order chi connectivity index (χ0) is 13.8. The Bertz CT molecular complexity index is 568. The fraction of sp³-hybridized carbons (Fsp3) is 0.333. The van der Waals surface area contributed by atoms with Gasteiger partial charge in [-0.3, -0.25) is 4.98 Å². The Labute approximate surface area is 109 Å². The fourth-order valence-corrected chi connectivity index (χ4v) is 1.67. The Balaban J connectivity index is 2.48. The number of aromatic carboxylic acids is 1. The van der Waals surface area contributed by atoms with E-state index in [-0.39, 0.29) is 12.2 Å². The van der Waals surface area contributed by atoms with Crippen molar-refractivity contribution in [2.24, 2.45) is 0 Å². The number of nitrogens with zero attached hydrogens (tertiary/aromatic N) is 4. The van der Waals surface area contributed by atoms with E-state index in [0.717, 1.165) is 0 Å². The second kappa shape index (κ2) is 5.57. The lowest BCUT2D eigenvalue weighted by Gasteiger charge is -2.10. The number of hydrogen-bond donors (Lipinski definition) is 2. The highest BCUT2D eigenvalue weighted by molar-refractivity contribution is 5.92. The quantitative estimate of drug-likeness (QED) is 0.826. The number of rotatable bonds is 5. The second-order valence-corrected chi connectivity index (χ2v) is 4.05. The molecule has 0 saturated heterocycles. The van der Waals surface area contributed by atoms with Crippen LogP contribution in [0.2, 0.25) is 0 Å². The highest BCUT2D eigenvalue weighted by Gasteiger charge is 2.22. The van der Waals surface area contributed by atoms with Crippen LogP contribution in [0.4, 0.5) is 0 Å². The van der Waals surface area contributed by atoms with Crippen molar-refractivity contribution in [1.82, 2.24) is 20.0 Å². The normalized spacial score (nSPS) is 12.3. The van der Waals surface area contributed by atoms with Crippen molar-refractivity contribution in [2.45, 2.75) is 26.0 Å². The number of aliphatic hydroxyl groups excluding tert-OH is 1. The molecule has 0 aliphatic carbocycles. The summed E-state index contributed by atoms with van der Waals surface area (Å²) in [6, 6.07) is 5.17. The molecule has 0 saturated carbocycles. The van der Waals surface area contributed by atoms with Crippen LogP contribution in [0.15, 0.2) is 24.4 Å². The Kier molecular flexibility index (Phi) is 3.86. The molecule has 1 atom stereocenters. The van der Waals surface area contributed by atoms with E-state index >= 15 is 0 Å². The lowest BCUT2D eigenvalue weighted by Crippen LogP contribution is -2.17. The molecule has 2 rings (SSSR count). The van der Waals surface area contributed by atoms with Gasteiger partial charge in [-0.1, -0.05) is 18.2 Å². The van der Waals surface area contributed by atoms with Crippen LogP contribution in [0.3, 0.4) is 0 Å². The van der Waals surface area contributed by atoms with E-state index in [0.29, 0.717) is 17.8 Å². The lowest BCUT2D eigenvalue weighted by molar-refractivity contribution is 0.0691. The molecule has 1 unspecified atom stereocenters. The van der Waals surface area contributed by atoms with Crippen LogP contribution >= 0.6 is 0 Å². The third-order valence-corrected chi connectivity index (χ3v) is 2.70. The van der Waals surface area contributed by atoms with Gasteiger partial charge in [0.15, 0.2) is 5.69 Å². The Morgan fingerprint density at radius 1 is 1.47 bits per heavy atom. The van der Waals surface area contributed by atoms with E-state index in [9.17, 15) is 9.90 Å². The van der Waals surface area contributed by atoms with Gasteiger partial charge in [-0.15, -0.1) is 5.10 Å². The van der Waals surface area contributed by atoms with E-state index in [2.05, 4.69) is 15.3 Å². The molecule has 0 bridgehead atoms. The maximum Gasteiger partial charge on any atom is 0.358 e. The monoisotopic (exact) mass is 262 g/mol. The Morgan fingerprint density at radius 3 is 2.84 bits per heavy atom. The van der Waals surface area contributed by atoms with E-state index in [1.165, 1.54) is 4.68 Å². The minimum atomic E-state index is -1.17. The summed E-state index contributed by atoms with van der Waals surface area (Å²) in [4.78, 5) is 15.3. The summed E-state index contributed by atoms with van der Waals surface area (Å²) in [6.07, 6.45) is 1.50. The minimum absolute atomic E-state index is 0.165. The molecule has 2 heterocycles. The molecule has 0 aromatic carbocycles. The average molecular weight is 262 g/mol. The topological polar surface area (TPSA) is 101 Å². The van der Waals surface area contributed by atoms with Gasteiger partial charge in [0.25, 0.3) is 0 Å². The standard InChI is InChI=1S/C12H14N4O3/c1-2-8(17)7-16-11(9-5-3-4-6-13-9)10(12(18)19)14-15-16/h3-6,8,17H,2,7H2,1H3,(H,18,19). The van der Waals surface area contributed by atoms with Crippen molar-refractivity contribution in [2.75, 3.05) is 0 Å². The van der Waals surface area contributed by atoms with Crippen LogP contribution in [0.25, 0.3) is 11.4 Å². The van der Waals surface area contributed by atoms with Crippen LogP contribution in [-0.2, 0) is 6.54 Å². The van der Waals surface area contributed by atoms with Crippen molar-refractivity contribution < 1.29 is 15.0 Å². The molecule has 0 fully saturated rings. The molecular weight excluding hydrogens is 248 g/mol. The van der Waals surface area contributed by atoms with Crippen molar-refractivity contribution >= 4 is 5.97 Å². The van der Waals surface area contributed by atoms with Crippen LogP contribution in [0.1, 0.15) is 23.8 Å². The van der Waals surface area contributed by atoms with Gasteiger partial charge in [-0.25, -0.2) is 9.48 Å². The van der Waals surface area contributed by atoms with E-state index in [1.54, 1.807) is 24.4 Å². The molecule has 0 aliphatic rings. The van der Waals surface area contributed by atoms with Crippen molar-refractivity contribution in [3.05, 3.63) is 30.1 Å². The smallest absolute Gasteiger partial charge is 0.358 e. The summed E-state index contributed by atoms with van der Waals surface area (Å²) in [7, 11) is 0. The number of aliphatic hydroxyl groups is 1. The largest absolute Gasteiger partial charge is 0.476 e. The van der Waals surface area contributed by atoms with Gasteiger partial charge < -0.3 is 10.2 Å². The molecule has 2 N–H and O–H groups in total. The number of hydrogen-bond acceptors (Lipinski definition) is 5. The van der Waals surface area contributed by atoms with Crippen molar-refractivity contribution in [3.8, 4) is 11.4 Å². The van der Waals surface area contributed by atoms with Gasteiger partial charge in [-0.05, 0) is 18.6 Å². The number of carboxylic acid groups (broad SMARTS) is 1. The molecular formula is C12H14N4O3. The van der Waals surface area contributed by atoms with E-state index in [1.807, 2.05) is 6.92 Å². The SMILES string of the molecule is CCC(O)Cn1nnc(C(=O)O)c1-c1ccccn1. The van der Waals surface area contributed by atoms with Crippen molar-refractivity contribution in [3.63, 3.8) is 0 Å². The Hall–Kier alpha value is -2.28. The summed E-state index contributed by atoms with van der Waals surface area (Å²) >= 11 is 0. The number of carbonyl (C=O) groups is 1. The molecule has 0 radical (unpaired) electrons. The first-order valence-corrected chi connectivity index (χ1v) is 5.89. The number of aromatic nitrogens is 4. The summed E-state index contributed by atoms with van der Waals surface area (Å²) in [5.41, 5.74) is 0.607. The van der Waals surface area contributed by atoms with Gasteiger partial charge in [0.1, 0.15) is 5.69 Å². The number of carboxylic acids is 1. The minimum Gasteiger partial charge on any atom is -0.476 e. The maximum absolute atomic E-state index is 11.2. The van der Waals surface area contributed by atoms with Crippen molar-refractivity contribution in [1.29, 1.82) is 0 Å². The molecule has 7 heteroatoms. The van der Waals surface area contributed by atoms with Gasteiger partial charge in [-0.2, -0.15) is 0 Å². The molecule has 7 nitrogen and oxygen atoms in total. The lowest BCUT2D eigenvalue weighted by atomic mass is 10.2. The molecule has 2 aromatic heterocycles. The maximum atomic E-state index is 11.2. The first-order chi connectivity index (χ1) is 9.13. The number of pyridine rings is 1. The van der Waals surface area contributed by atoms with E-state index < -0.39 is 12.1 Å². The molecule has 0 aliphatic heterocycles. The first kappa shape index (κ1) is 13.2. The molecule has 0 spiro atoms. The molecule has 2 aromatic rings. The van der Waals surface area contributed by atoms with Crippen LogP contribution < -0.4 is 0 Å². The van der Waals surface area contributed by atoms with Crippen LogP contribution in [-0.4, -0.2) is 42.3 Å². The Morgan fingerprint density at radius 2 is 2.26 bits per heavy atom. The predicted octanol–water partition coefficient (Wildman–Crippen LogP) is 0.809. The van der Waals surface area contributed by atoms with E-state index in [4.69, 9.17) is 5.11 Å². The zero-order valence-electron chi connectivity index (χ0n) is 10.4. The van der Waals surface area contributed by atoms with Gasteiger partial charge >= 0.3 is 5.97 Å². The zero-order valence-corrected chi connectivity index (χ0v) is 10.4. The molecule has 100 valence electrons. The molecule has 0 amide bonds. The second-order valence-electron chi connectivity index (χ2n) is 4.05. The molecule has 19 heavy (non-hydrogen) atoms. The highest BCUT2D eigenvalue weighted by atomic mass is 16.4. The highest BCUT2D eigenvalue weighted by Crippen LogP contribution is 2.20. The third kappa shape index (κ3) is 2.76. The summed E-state index contributed by atoms with van der Waals surface area (Å²) < 4.78 is 1.37. The summed E-state index contributed by atoms with van der Waals surface area (Å²) in [5, 5.41) is 26.2. The summed E-state index contributed by atoms with van der Waals surface area (Å²) in [6.45, 7) is 2.02. The van der Waals surface area contributed by atoms with Gasteiger partial charge in [0.05, 0.1) is 18.3 Å². The average Bonchev–Trinajstić information content (AvgIpc) is 2.83. The van der Waals surface area contributed by atoms with Gasteiger partial charge in [0, 0.05) is 6.20 Å². The fourth-order valence-electron chi connectivity index (χ4n) is 1.67. The van der Waals surface area contributed by atoms with Crippen LogP contribution in [0.5, 0.6) is 0 Å². The third-order valence-electron chi connectivity index (χ3n) is 2.70.